The van der Waals surface area contributed by atoms with Crippen LogP contribution >= 0.6 is 0 Å². The highest BCUT2D eigenvalue weighted by atomic mass is 16.2. The molecule has 7 heteroatoms. The minimum absolute atomic E-state index is 0.126. The van der Waals surface area contributed by atoms with Crippen molar-refractivity contribution in [3.8, 4) is 0 Å². The van der Waals surface area contributed by atoms with Crippen molar-refractivity contribution in [3.63, 3.8) is 0 Å². The SMILES string of the molecule is Cc1cccc(NC(=O)C(=O)Nc2ncn[nH]2)c1C. The molecule has 19 heavy (non-hydrogen) atoms. The van der Waals surface area contributed by atoms with Gasteiger partial charge in [0, 0.05) is 5.69 Å². The molecular formula is C12H13N5O2. The normalized spacial score (nSPS) is 10.0. The molecule has 7 nitrogen and oxygen atoms in total. The van der Waals surface area contributed by atoms with Gasteiger partial charge < -0.3 is 5.32 Å². The van der Waals surface area contributed by atoms with Crippen LogP contribution in [-0.2, 0) is 9.59 Å². The van der Waals surface area contributed by atoms with Gasteiger partial charge in [-0.15, -0.1) is 0 Å². The first kappa shape index (κ1) is 12.7. The predicted molar refractivity (Wildman–Crippen MR) is 69.6 cm³/mol. The van der Waals surface area contributed by atoms with Gasteiger partial charge in [-0.1, -0.05) is 12.1 Å². The molecule has 0 radical (unpaired) electrons. The number of benzene rings is 1. The van der Waals surface area contributed by atoms with Crippen molar-refractivity contribution in [1.29, 1.82) is 0 Å². The van der Waals surface area contributed by atoms with Crippen LogP contribution < -0.4 is 10.6 Å². The van der Waals surface area contributed by atoms with Crippen molar-refractivity contribution in [2.75, 3.05) is 10.6 Å². The van der Waals surface area contributed by atoms with Gasteiger partial charge >= 0.3 is 11.8 Å². The highest BCUT2D eigenvalue weighted by Gasteiger charge is 2.16. The number of nitrogens with zero attached hydrogens (tertiary/aromatic N) is 2. The Hall–Kier alpha value is -2.70. The third kappa shape index (κ3) is 2.95. The summed E-state index contributed by atoms with van der Waals surface area (Å²) >= 11 is 0. The number of hydrogen-bond acceptors (Lipinski definition) is 4. The molecule has 0 aliphatic carbocycles. The monoisotopic (exact) mass is 259 g/mol. The van der Waals surface area contributed by atoms with Crippen LogP contribution in [0.5, 0.6) is 0 Å². The first-order valence-corrected chi connectivity index (χ1v) is 5.62. The summed E-state index contributed by atoms with van der Waals surface area (Å²) in [5, 5.41) is 10.8. The summed E-state index contributed by atoms with van der Waals surface area (Å²) in [6, 6.07) is 5.48. The van der Waals surface area contributed by atoms with Crippen LogP contribution in [0.25, 0.3) is 0 Å². The lowest BCUT2D eigenvalue weighted by atomic mass is 10.1. The number of aromatic amines is 1. The molecule has 0 atom stereocenters. The Bertz CT molecular complexity index is 607. The lowest BCUT2D eigenvalue weighted by molar-refractivity contribution is -0.133. The Morgan fingerprint density at radius 2 is 1.89 bits per heavy atom. The van der Waals surface area contributed by atoms with E-state index in [-0.39, 0.29) is 5.95 Å². The fourth-order valence-electron chi connectivity index (χ4n) is 1.50. The van der Waals surface area contributed by atoms with E-state index >= 15 is 0 Å². The molecule has 0 aliphatic heterocycles. The van der Waals surface area contributed by atoms with E-state index in [1.54, 1.807) is 6.07 Å². The minimum atomic E-state index is -0.808. The summed E-state index contributed by atoms with van der Waals surface area (Å²) in [5.41, 5.74) is 2.56. The second-order valence-corrected chi connectivity index (χ2v) is 3.99. The Kier molecular flexibility index (Phi) is 3.56. The number of hydrogen-bond donors (Lipinski definition) is 3. The first-order valence-electron chi connectivity index (χ1n) is 5.62. The Labute approximate surface area is 109 Å². The van der Waals surface area contributed by atoms with Crippen LogP contribution in [0.2, 0.25) is 0 Å². The van der Waals surface area contributed by atoms with E-state index in [1.165, 1.54) is 6.33 Å². The number of aromatic nitrogens is 3. The Balaban J connectivity index is 2.04. The van der Waals surface area contributed by atoms with Gasteiger partial charge in [0.25, 0.3) is 0 Å². The van der Waals surface area contributed by atoms with Crippen LogP contribution in [0.3, 0.4) is 0 Å². The Morgan fingerprint density at radius 1 is 1.16 bits per heavy atom. The lowest BCUT2D eigenvalue weighted by Crippen LogP contribution is -2.29. The molecule has 0 spiro atoms. The standard InChI is InChI=1S/C12H13N5O2/c1-7-4-3-5-9(8(7)2)15-10(18)11(19)16-12-13-6-14-17-12/h3-6H,1-2H3,(H,15,18)(H2,13,14,16,17,19). The molecule has 0 bridgehead atoms. The number of carbonyl (C=O) groups excluding carboxylic acids is 2. The van der Waals surface area contributed by atoms with Gasteiger partial charge in [0.1, 0.15) is 6.33 Å². The van der Waals surface area contributed by atoms with Crippen molar-refractivity contribution in [3.05, 3.63) is 35.7 Å². The zero-order valence-electron chi connectivity index (χ0n) is 10.5. The molecule has 2 amide bonds. The summed E-state index contributed by atoms with van der Waals surface area (Å²) in [6.45, 7) is 3.80. The molecule has 2 rings (SSSR count). The number of H-pyrrole nitrogens is 1. The smallest absolute Gasteiger partial charge is 0.316 e. The van der Waals surface area contributed by atoms with E-state index in [9.17, 15) is 9.59 Å². The molecule has 1 aromatic heterocycles. The van der Waals surface area contributed by atoms with E-state index in [4.69, 9.17) is 0 Å². The highest BCUT2D eigenvalue weighted by molar-refractivity contribution is 6.43. The van der Waals surface area contributed by atoms with Gasteiger partial charge in [-0.05, 0) is 31.0 Å². The van der Waals surface area contributed by atoms with Crippen LogP contribution in [0.15, 0.2) is 24.5 Å². The topological polar surface area (TPSA) is 99.8 Å². The van der Waals surface area contributed by atoms with Gasteiger partial charge in [-0.3, -0.25) is 14.9 Å². The fraction of sp³-hybridized carbons (Fsp3) is 0.167. The van der Waals surface area contributed by atoms with E-state index in [0.717, 1.165) is 11.1 Å². The van der Waals surface area contributed by atoms with Crippen molar-refractivity contribution in [1.82, 2.24) is 15.2 Å². The molecule has 0 saturated heterocycles. The van der Waals surface area contributed by atoms with Crippen molar-refractivity contribution in [2.45, 2.75) is 13.8 Å². The maximum absolute atomic E-state index is 11.7. The third-order valence-electron chi connectivity index (χ3n) is 2.71. The van der Waals surface area contributed by atoms with Gasteiger partial charge in [-0.25, -0.2) is 5.10 Å². The fourth-order valence-corrected chi connectivity index (χ4v) is 1.50. The maximum Gasteiger partial charge on any atom is 0.316 e. The molecule has 3 N–H and O–H groups in total. The molecule has 2 aromatic rings. The quantitative estimate of drug-likeness (QED) is 0.700. The number of amides is 2. The number of rotatable bonds is 2. The molecule has 1 aromatic carbocycles. The van der Waals surface area contributed by atoms with E-state index in [2.05, 4.69) is 25.8 Å². The summed E-state index contributed by atoms with van der Waals surface area (Å²) < 4.78 is 0. The zero-order chi connectivity index (χ0) is 13.8. The lowest BCUT2D eigenvalue weighted by Gasteiger charge is -2.09. The van der Waals surface area contributed by atoms with Crippen LogP contribution in [0.4, 0.5) is 11.6 Å². The summed E-state index contributed by atoms with van der Waals surface area (Å²) in [5.74, 6) is -1.44. The molecule has 98 valence electrons. The zero-order valence-corrected chi connectivity index (χ0v) is 10.5. The summed E-state index contributed by atoms with van der Waals surface area (Å²) in [4.78, 5) is 27.0. The van der Waals surface area contributed by atoms with E-state index < -0.39 is 11.8 Å². The summed E-state index contributed by atoms with van der Waals surface area (Å²) in [6.07, 6.45) is 1.23. The largest absolute Gasteiger partial charge is 0.318 e. The average molecular weight is 259 g/mol. The van der Waals surface area contributed by atoms with Crippen LogP contribution in [-0.4, -0.2) is 27.0 Å². The number of nitrogens with one attached hydrogen (secondary N) is 3. The van der Waals surface area contributed by atoms with Gasteiger partial charge in [-0.2, -0.15) is 10.1 Å². The molecule has 0 unspecified atom stereocenters. The molecule has 0 aliphatic rings. The van der Waals surface area contributed by atoms with E-state index in [1.807, 2.05) is 26.0 Å². The van der Waals surface area contributed by atoms with Crippen molar-refractivity contribution in [2.24, 2.45) is 0 Å². The molecule has 0 fully saturated rings. The van der Waals surface area contributed by atoms with Gasteiger partial charge in [0.2, 0.25) is 5.95 Å². The van der Waals surface area contributed by atoms with Crippen LogP contribution in [0.1, 0.15) is 11.1 Å². The highest BCUT2D eigenvalue weighted by Crippen LogP contribution is 2.17. The second kappa shape index (κ2) is 5.30. The van der Waals surface area contributed by atoms with Gasteiger partial charge in [0.05, 0.1) is 0 Å². The maximum atomic E-state index is 11.7. The minimum Gasteiger partial charge on any atom is -0.318 e. The summed E-state index contributed by atoms with van der Waals surface area (Å²) in [7, 11) is 0. The van der Waals surface area contributed by atoms with Crippen molar-refractivity contribution < 1.29 is 9.59 Å². The van der Waals surface area contributed by atoms with Gasteiger partial charge in [0.15, 0.2) is 0 Å². The van der Waals surface area contributed by atoms with Crippen molar-refractivity contribution >= 4 is 23.5 Å². The average Bonchev–Trinajstić information content (AvgIpc) is 2.87. The second-order valence-electron chi connectivity index (χ2n) is 3.99. The Morgan fingerprint density at radius 3 is 2.58 bits per heavy atom. The number of anilines is 2. The van der Waals surface area contributed by atoms with E-state index in [0.29, 0.717) is 5.69 Å². The number of carbonyl (C=O) groups is 2. The predicted octanol–water partition coefficient (Wildman–Crippen LogP) is 0.999. The third-order valence-corrected chi connectivity index (χ3v) is 2.71. The van der Waals surface area contributed by atoms with Crippen LogP contribution in [0, 0.1) is 13.8 Å². The number of aryl methyl sites for hydroxylation is 1. The molecular weight excluding hydrogens is 246 g/mol. The first-order chi connectivity index (χ1) is 9.08. The molecule has 0 saturated carbocycles. The molecule has 1 heterocycles.